The van der Waals surface area contributed by atoms with Crippen LogP contribution in [0.15, 0.2) is 29.3 Å². The minimum absolute atomic E-state index is 0.0245. The van der Waals surface area contributed by atoms with Gasteiger partial charge in [0.2, 0.25) is 5.91 Å². The zero-order valence-corrected chi connectivity index (χ0v) is 17.4. The number of thioether (sulfide) groups is 1. The number of sulfone groups is 1. The quantitative estimate of drug-likeness (QED) is 0.688. The molecule has 0 unspecified atom stereocenters. The molecule has 0 spiro atoms. The van der Waals surface area contributed by atoms with E-state index in [0.29, 0.717) is 18.1 Å². The van der Waals surface area contributed by atoms with Crippen LogP contribution in [0.25, 0.3) is 0 Å². The first-order valence-corrected chi connectivity index (χ1v) is 12.0. The standard InChI is InChI=1S/C19H26N2O4S2/c1-3-4-5-18(22)20-19-21(16-12-27(23,24)13-17(16)26-19)11-10-14-6-8-15(25-2)9-7-14/h6-9,16-17H,3-5,10-13H2,1-2H3/t16-,17-/m0/s1. The zero-order valence-electron chi connectivity index (χ0n) is 15.8. The molecule has 2 aliphatic heterocycles. The van der Waals surface area contributed by atoms with Crippen LogP contribution in [-0.2, 0) is 21.1 Å². The van der Waals surface area contributed by atoms with Crippen molar-refractivity contribution in [3.8, 4) is 5.75 Å². The van der Waals surface area contributed by atoms with Crippen molar-refractivity contribution in [2.45, 2.75) is 43.9 Å². The number of ether oxygens (including phenoxy) is 1. The number of methoxy groups -OCH3 is 1. The third-order valence-electron chi connectivity index (χ3n) is 4.94. The van der Waals surface area contributed by atoms with E-state index in [4.69, 9.17) is 4.74 Å². The highest BCUT2D eigenvalue weighted by molar-refractivity contribution is 8.15. The summed E-state index contributed by atoms with van der Waals surface area (Å²) in [6, 6.07) is 7.76. The summed E-state index contributed by atoms with van der Waals surface area (Å²) in [4.78, 5) is 18.5. The Morgan fingerprint density at radius 2 is 2.04 bits per heavy atom. The van der Waals surface area contributed by atoms with Gasteiger partial charge in [-0.3, -0.25) is 4.79 Å². The van der Waals surface area contributed by atoms with Gasteiger partial charge in [0.05, 0.1) is 24.7 Å². The Morgan fingerprint density at radius 3 is 2.70 bits per heavy atom. The van der Waals surface area contributed by atoms with Crippen molar-refractivity contribution in [1.29, 1.82) is 0 Å². The topological polar surface area (TPSA) is 76.0 Å². The van der Waals surface area contributed by atoms with Crippen LogP contribution in [0.4, 0.5) is 0 Å². The molecule has 27 heavy (non-hydrogen) atoms. The van der Waals surface area contributed by atoms with Gasteiger partial charge in [-0.05, 0) is 30.5 Å². The molecule has 3 rings (SSSR count). The predicted molar refractivity (Wildman–Crippen MR) is 109 cm³/mol. The van der Waals surface area contributed by atoms with Crippen molar-refractivity contribution < 1.29 is 17.9 Å². The maximum absolute atomic E-state index is 12.1. The summed E-state index contributed by atoms with van der Waals surface area (Å²) in [5, 5.41) is 0.665. The van der Waals surface area contributed by atoms with Gasteiger partial charge in [-0.25, -0.2) is 8.42 Å². The number of hydrogen-bond donors (Lipinski definition) is 0. The average Bonchev–Trinajstić information content (AvgIpc) is 3.09. The first kappa shape index (κ1) is 20.2. The second-order valence-corrected chi connectivity index (χ2v) is 10.3. The van der Waals surface area contributed by atoms with E-state index in [1.807, 2.05) is 36.1 Å². The van der Waals surface area contributed by atoms with E-state index < -0.39 is 9.84 Å². The lowest BCUT2D eigenvalue weighted by molar-refractivity contribution is -0.117. The largest absolute Gasteiger partial charge is 0.497 e. The molecule has 0 bridgehead atoms. The number of unbranched alkanes of at least 4 members (excludes halogenated alkanes) is 1. The summed E-state index contributed by atoms with van der Waals surface area (Å²) in [6.45, 7) is 2.69. The molecule has 2 fully saturated rings. The summed E-state index contributed by atoms with van der Waals surface area (Å²) >= 11 is 1.45. The number of nitrogens with zero attached hydrogens (tertiary/aromatic N) is 2. The lowest BCUT2D eigenvalue weighted by Crippen LogP contribution is -2.39. The predicted octanol–water partition coefficient (Wildman–Crippen LogP) is 2.52. The third kappa shape index (κ3) is 5.04. The summed E-state index contributed by atoms with van der Waals surface area (Å²) < 4.78 is 29.3. The Balaban J connectivity index is 1.73. The van der Waals surface area contributed by atoms with E-state index in [9.17, 15) is 13.2 Å². The van der Waals surface area contributed by atoms with Gasteiger partial charge in [0.25, 0.3) is 0 Å². The highest BCUT2D eigenvalue weighted by Gasteiger charge is 2.48. The molecule has 0 N–H and O–H groups in total. The van der Waals surface area contributed by atoms with Crippen molar-refractivity contribution in [2.24, 2.45) is 4.99 Å². The van der Waals surface area contributed by atoms with Crippen molar-refractivity contribution in [3.63, 3.8) is 0 Å². The molecule has 1 aromatic carbocycles. The van der Waals surface area contributed by atoms with Gasteiger partial charge in [-0.1, -0.05) is 37.2 Å². The lowest BCUT2D eigenvalue weighted by Gasteiger charge is -2.24. The van der Waals surface area contributed by atoms with Crippen molar-refractivity contribution >= 4 is 32.7 Å². The van der Waals surface area contributed by atoms with Crippen LogP contribution in [0.3, 0.4) is 0 Å². The Hall–Kier alpha value is -1.54. The van der Waals surface area contributed by atoms with Crippen LogP contribution in [0.2, 0.25) is 0 Å². The highest BCUT2D eigenvalue weighted by atomic mass is 32.2. The third-order valence-corrected chi connectivity index (χ3v) is 8.19. The summed E-state index contributed by atoms with van der Waals surface area (Å²) in [5.41, 5.74) is 1.14. The number of carbonyl (C=O) groups excluding carboxylic acids is 1. The van der Waals surface area contributed by atoms with E-state index in [-0.39, 0.29) is 28.7 Å². The smallest absolute Gasteiger partial charge is 0.248 e. The molecule has 0 aromatic heterocycles. The molecule has 0 saturated carbocycles. The van der Waals surface area contributed by atoms with Crippen LogP contribution in [0, 0.1) is 0 Å². The molecule has 0 radical (unpaired) electrons. The Bertz CT molecular complexity index is 806. The fourth-order valence-electron chi connectivity index (χ4n) is 3.43. The molecular weight excluding hydrogens is 384 g/mol. The number of hydrogen-bond acceptors (Lipinski definition) is 5. The normalized spacial score (nSPS) is 25.0. The van der Waals surface area contributed by atoms with Crippen LogP contribution in [0.1, 0.15) is 31.7 Å². The van der Waals surface area contributed by atoms with Gasteiger partial charge in [0.15, 0.2) is 15.0 Å². The SMILES string of the molecule is CCCCC(=O)N=C1S[C@H]2CS(=O)(=O)C[C@@H]2N1CCc1ccc(OC)cc1. The molecule has 6 nitrogen and oxygen atoms in total. The first-order valence-electron chi connectivity index (χ1n) is 9.30. The van der Waals surface area contributed by atoms with Crippen molar-refractivity contribution in [3.05, 3.63) is 29.8 Å². The van der Waals surface area contributed by atoms with E-state index in [0.717, 1.165) is 30.6 Å². The maximum Gasteiger partial charge on any atom is 0.248 e. The molecule has 2 aliphatic rings. The fraction of sp³-hybridized carbons (Fsp3) is 0.579. The van der Waals surface area contributed by atoms with Gasteiger partial charge in [-0.15, -0.1) is 0 Å². The lowest BCUT2D eigenvalue weighted by atomic mass is 10.1. The van der Waals surface area contributed by atoms with Crippen molar-refractivity contribution in [1.82, 2.24) is 4.90 Å². The van der Waals surface area contributed by atoms with Gasteiger partial charge in [0, 0.05) is 18.2 Å². The van der Waals surface area contributed by atoms with Gasteiger partial charge >= 0.3 is 0 Å². The van der Waals surface area contributed by atoms with E-state index >= 15 is 0 Å². The minimum atomic E-state index is -3.02. The molecule has 0 aliphatic carbocycles. The number of carbonyl (C=O) groups is 1. The number of amides is 1. The van der Waals surface area contributed by atoms with Gasteiger partial charge < -0.3 is 9.64 Å². The second kappa shape index (κ2) is 8.65. The van der Waals surface area contributed by atoms with Crippen LogP contribution < -0.4 is 4.74 Å². The average molecular weight is 411 g/mol. The number of amidine groups is 1. The van der Waals surface area contributed by atoms with Gasteiger partial charge in [0.1, 0.15) is 5.75 Å². The van der Waals surface area contributed by atoms with E-state index in [2.05, 4.69) is 4.99 Å². The Morgan fingerprint density at radius 1 is 1.30 bits per heavy atom. The molecule has 1 amide bonds. The van der Waals surface area contributed by atoms with Crippen LogP contribution >= 0.6 is 11.8 Å². The van der Waals surface area contributed by atoms with Crippen LogP contribution in [-0.4, -0.2) is 60.8 Å². The first-order chi connectivity index (χ1) is 12.9. The number of rotatable bonds is 7. The monoisotopic (exact) mass is 410 g/mol. The molecule has 2 saturated heterocycles. The summed E-state index contributed by atoms with van der Waals surface area (Å²) in [7, 11) is -1.38. The Kier molecular flexibility index (Phi) is 6.47. The molecular formula is C19H26N2O4S2. The Labute approximate surface area is 165 Å². The summed E-state index contributed by atoms with van der Waals surface area (Å²) in [6.07, 6.45) is 2.98. The molecule has 2 atom stereocenters. The highest BCUT2D eigenvalue weighted by Crippen LogP contribution is 2.38. The second-order valence-electron chi connectivity index (χ2n) is 6.98. The summed E-state index contributed by atoms with van der Waals surface area (Å²) in [5.74, 6) is 1.01. The maximum atomic E-state index is 12.1. The van der Waals surface area contributed by atoms with Crippen molar-refractivity contribution in [2.75, 3.05) is 25.2 Å². The molecule has 8 heteroatoms. The molecule has 2 heterocycles. The fourth-order valence-corrected chi connectivity index (χ4v) is 7.42. The van der Waals surface area contributed by atoms with Crippen LogP contribution in [0.5, 0.6) is 5.75 Å². The number of aliphatic imine (C=N–C) groups is 1. The van der Waals surface area contributed by atoms with E-state index in [1.165, 1.54) is 11.8 Å². The molecule has 1 aromatic rings. The molecule has 148 valence electrons. The number of benzene rings is 1. The van der Waals surface area contributed by atoms with E-state index in [1.54, 1.807) is 7.11 Å². The van der Waals surface area contributed by atoms with Gasteiger partial charge in [-0.2, -0.15) is 4.99 Å². The zero-order chi connectivity index (χ0) is 19.4. The number of fused-ring (bicyclic) bond motifs is 1. The minimum Gasteiger partial charge on any atom is -0.497 e.